The number of benzene rings is 1. The average molecular weight is 284 g/mol. The zero-order valence-corrected chi connectivity index (χ0v) is 10.4. The molecule has 8 heteroatoms. The maximum Gasteiger partial charge on any atom is 0.387 e. The molecular formula is C11H10F2N4OS. The Bertz CT molecular complexity index is 573. The number of nitrogens with two attached hydrogens (primary N) is 1. The summed E-state index contributed by atoms with van der Waals surface area (Å²) in [6.45, 7) is -2.84. The number of ether oxygens (including phenoxy) is 1. The zero-order chi connectivity index (χ0) is 13.7. The lowest BCUT2D eigenvalue weighted by Gasteiger charge is -2.04. The Morgan fingerprint density at radius 3 is 3.00 bits per heavy atom. The largest absolute Gasteiger partial charge is 0.435 e. The molecule has 1 aromatic carbocycles. The Balaban J connectivity index is 1.98. The minimum absolute atomic E-state index is 0.0810. The summed E-state index contributed by atoms with van der Waals surface area (Å²) in [6.07, 6.45) is 1.47. The monoisotopic (exact) mass is 284 g/mol. The molecule has 0 spiro atoms. The van der Waals surface area contributed by atoms with Crippen LogP contribution in [0, 0.1) is 0 Å². The molecule has 0 fully saturated rings. The van der Waals surface area contributed by atoms with E-state index in [9.17, 15) is 8.78 Å². The lowest BCUT2D eigenvalue weighted by molar-refractivity contribution is -0.0498. The first-order valence-electron chi connectivity index (χ1n) is 5.18. The third-order valence-electron chi connectivity index (χ3n) is 1.98. The van der Waals surface area contributed by atoms with Crippen LogP contribution in [0.4, 0.5) is 19.7 Å². The zero-order valence-electron chi connectivity index (χ0n) is 9.59. The van der Waals surface area contributed by atoms with Gasteiger partial charge in [0.15, 0.2) is 0 Å². The fourth-order valence-electron chi connectivity index (χ4n) is 1.27. The van der Waals surface area contributed by atoms with Crippen molar-refractivity contribution in [2.24, 2.45) is 5.10 Å². The summed E-state index contributed by atoms with van der Waals surface area (Å²) >= 11 is 1.31. The Hall–Kier alpha value is -2.22. The SMILES string of the molecule is Nc1csc(NN=Cc2cccc(OC(F)F)c2)n1. The predicted molar refractivity (Wildman–Crippen MR) is 70.8 cm³/mol. The van der Waals surface area contributed by atoms with Gasteiger partial charge in [0, 0.05) is 5.38 Å². The van der Waals surface area contributed by atoms with Crippen molar-refractivity contribution < 1.29 is 13.5 Å². The summed E-state index contributed by atoms with van der Waals surface area (Å²) in [6, 6.07) is 6.20. The molecule has 100 valence electrons. The average Bonchev–Trinajstić information content (AvgIpc) is 2.75. The van der Waals surface area contributed by atoms with Crippen LogP contribution in [0.5, 0.6) is 5.75 Å². The van der Waals surface area contributed by atoms with E-state index in [0.717, 1.165) is 0 Å². The van der Waals surface area contributed by atoms with E-state index in [1.165, 1.54) is 29.7 Å². The third-order valence-corrected chi connectivity index (χ3v) is 2.74. The van der Waals surface area contributed by atoms with Crippen LogP contribution in [0.25, 0.3) is 0 Å². The Kier molecular flexibility index (Phi) is 4.24. The van der Waals surface area contributed by atoms with E-state index in [-0.39, 0.29) is 5.75 Å². The van der Waals surface area contributed by atoms with Gasteiger partial charge in [-0.1, -0.05) is 12.1 Å². The fourth-order valence-corrected chi connectivity index (χ4v) is 1.82. The van der Waals surface area contributed by atoms with Crippen LogP contribution in [-0.2, 0) is 0 Å². The molecule has 5 nitrogen and oxygen atoms in total. The quantitative estimate of drug-likeness (QED) is 0.654. The standard InChI is InChI=1S/C11H10F2N4OS/c12-10(13)18-8-3-1-2-7(4-8)5-15-17-11-16-9(14)6-19-11/h1-6,10H,14H2,(H,16,17). The van der Waals surface area contributed by atoms with E-state index < -0.39 is 6.61 Å². The number of thiazole rings is 1. The number of hydrazone groups is 1. The second kappa shape index (κ2) is 6.10. The van der Waals surface area contributed by atoms with Crippen molar-refractivity contribution in [2.45, 2.75) is 6.61 Å². The van der Waals surface area contributed by atoms with Gasteiger partial charge < -0.3 is 10.5 Å². The second-order valence-corrected chi connectivity index (χ2v) is 4.26. The number of nitrogens with zero attached hydrogens (tertiary/aromatic N) is 2. The highest BCUT2D eigenvalue weighted by Gasteiger charge is 2.03. The summed E-state index contributed by atoms with van der Waals surface area (Å²) in [5, 5.41) is 6.15. The number of aromatic nitrogens is 1. The van der Waals surface area contributed by atoms with Crippen molar-refractivity contribution in [3.8, 4) is 5.75 Å². The van der Waals surface area contributed by atoms with Crippen LogP contribution in [0.15, 0.2) is 34.7 Å². The lowest BCUT2D eigenvalue weighted by Crippen LogP contribution is -2.02. The highest BCUT2D eigenvalue weighted by molar-refractivity contribution is 7.14. The molecule has 3 N–H and O–H groups in total. The Labute approximate surface area is 111 Å². The van der Waals surface area contributed by atoms with E-state index >= 15 is 0 Å². The molecule has 1 heterocycles. The van der Waals surface area contributed by atoms with Crippen molar-refractivity contribution >= 4 is 28.5 Å². The second-order valence-electron chi connectivity index (χ2n) is 3.40. The predicted octanol–water partition coefficient (Wildman–Crippen LogP) is 2.77. The number of nitrogen functional groups attached to an aromatic ring is 1. The van der Waals surface area contributed by atoms with Crippen LogP contribution in [0.1, 0.15) is 5.56 Å². The summed E-state index contributed by atoms with van der Waals surface area (Å²) < 4.78 is 28.4. The minimum atomic E-state index is -2.84. The van der Waals surface area contributed by atoms with Gasteiger partial charge in [0.1, 0.15) is 11.6 Å². The molecule has 19 heavy (non-hydrogen) atoms. The number of alkyl halides is 2. The molecule has 2 aromatic rings. The van der Waals surface area contributed by atoms with Crippen molar-refractivity contribution in [3.63, 3.8) is 0 Å². The summed E-state index contributed by atoms with van der Waals surface area (Å²) in [5.41, 5.74) is 8.75. The number of anilines is 2. The molecule has 0 atom stereocenters. The van der Waals surface area contributed by atoms with E-state index in [2.05, 4.69) is 20.2 Å². The van der Waals surface area contributed by atoms with Gasteiger partial charge in [-0.25, -0.2) is 4.98 Å². The number of halogens is 2. The Morgan fingerprint density at radius 2 is 2.32 bits per heavy atom. The van der Waals surface area contributed by atoms with E-state index in [0.29, 0.717) is 16.5 Å². The van der Waals surface area contributed by atoms with Gasteiger partial charge in [0.25, 0.3) is 0 Å². The maximum atomic E-state index is 12.0. The van der Waals surface area contributed by atoms with Crippen molar-refractivity contribution in [1.82, 2.24) is 4.98 Å². The summed E-state index contributed by atoms with van der Waals surface area (Å²) in [5.74, 6) is 0.493. The van der Waals surface area contributed by atoms with Crippen LogP contribution in [0.3, 0.4) is 0 Å². The molecule has 0 amide bonds. The molecule has 2 rings (SSSR count). The number of hydrogen-bond donors (Lipinski definition) is 2. The topological polar surface area (TPSA) is 72.5 Å². The van der Waals surface area contributed by atoms with Gasteiger partial charge in [-0.3, -0.25) is 5.43 Å². The van der Waals surface area contributed by atoms with Gasteiger partial charge in [0.05, 0.1) is 6.21 Å². The molecule has 0 aliphatic carbocycles. The first kappa shape index (κ1) is 13.2. The van der Waals surface area contributed by atoms with Gasteiger partial charge >= 0.3 is 6.61 Å². The third kappa shape index (κ3) is 4.18. The minimum Gasteiger partial charge on any atom is -0.435 e. The fraction of sp³-hybridized carbons (Fsp3) is 0.0909. The molecular weight excluding hydrogens is 274 g/mol. The number of rotatable bonds is 5. The molecule has 0 saturated carbocycles. The first-order valence-corrected chi connectivity index (χ1v) is 6.06. The molecule has 0 aliphatic heterocycles. The van der Waals surface area contributed by atoms with Crippen LogP contribution in [-0.4, -0.2) is 17.8 Å². The molecule has 0 radical (unpaired) electrons. The first-order chi connectivity index (χ1) is 9.13. The highest BCUT2D eigenvalue weighted by Crippen LogP contribution is 2.17. The van der Waals surface area contributed by atoms with Gasteiger partial charge in [0.2, 0.25) is 5.13 Å². The van der Waals surface area contributed by atoms with Gasteiger partial charge in [-0.05, 0) is 17.7 Å². The van der Waals surface area contributed by atoms with Crippen LogP contribution in [0.2, 0.25) is 0 Å². The summed E-state index contributed by atoms with van der Waals surface area (Å²) in [7, 11) is 0. The Morgan fingerprint density at radius 1 is 1.47 bits per heavy atom. The van der Waals surface area contributed by atoms with Gasteiger partial charge in [-0.15, -0.1) is 11.3 Å². The molecule has 0 unspecified atom stereocenters. The molecule has 1 aromatic heterocycles. The van der Waals surface area contributed by atoms with E-state index in [4.69, 9.17) is 5.73 Å². The van der Waals surface area contributed by atoms with E-state index in [1.807, 2.05) is 0 Å². The molecule has 0 bridgehead atoms. The normalized spacial score (nSPS) is 11.1. The van der Waals surface area contributed by atoms with E-state index in [1.54, 1.807) is 17.5 Å². The molecule has 0 saturated heterocycles. The highest BCUT2D eigenvalue weighted by atomic mass is 32.1. The molecule has 0 aliphatic rings. The number of hydrogen-bond acceptors (Lipinski definition) is 6. The smallest absolute Gasteiger partial charge is 0.387 e. The number of nitrogens with one attached hydrogen (secondary N) is 1. The van der Waals surface area contributed by atoms with Crippen molar-refractivity contribution in [1.29, 1.82) is 0 Å². The van der Waals surface area contributed by atoms with Crippen molar-refractivity contribution in [3.05, 3.63) is 35.2 Å². The lowest BCUT2D eigenvalue weighted by atomic mass is 10.2. The summed E-state index contributed by atoms with van der Waals surface area (Å²) in [4.78, 5) is 3.95. The van der Waals surface area contributed by atoms with Crippen LogP contribution < -0.4 is 15.9 Å². The van der Waals surface area contributed by atoms with Crippen molar-refractivity contribution in [2.75, 3.05) is 11.2 Å². The maximum absolute atomic E-state index is 12.0. The van der Waals surface area contributed by atoms with Gasteiger partial charge in [-0.2, -0.15) is 13.9 Å². The van der Waals surface area contributed by atoms with Crippen LogP contribution >= 0.6 is 11.3 Å².